The van der Waals surface area contributed by atoms with Crippen molar-refractivity contribution in [1.29, 1.82) is 0 Å². The molecule has 1 aliphatic rings. The lowest BCUT2D eigenvalue weighted by Crippen LogP contribution is -2.55. The van der Waals surface area contributed by atoms with Gasteiger partial charge >= 0.3 is 18.0 Å². The second-order valence-corrected chi connectivity index (χ2v) is 6.65. The van der Waals surface area contributed by atoms with Crippen LogP contribution in [0.3, 0.4) is 0 Å². The van der Waals surface area contributed by atoms with Gasteiger partial charge in [0.05, 0.1) is 0 Å². The first-order chi connectivity index (χ1) is 11.2. The van der Waals surface area contributed by atoms with E-state index in [1.807, 2.05) is 0 Å². The number of alkyl halides is 7. The molecule has 1 atom stereocenters. The first-order valence-corrected chi connectivity index (χ1v) is 7.51. The average molecular weight is 366 g/mol. The average Bonchev–Trinajstić information content (AvgIpc) is 2.43. The molecule has 7 heteroatoms. The highest BCUT2D eigenvalue weighted by Gasteiger charge is 2.74. The normalized spacial score (nSPS) is 22.5. The van der Waals surface area contributed by atoms with Crippen LogP contribution in [0.1, 0.15) is 31.4 Å². The van der Waals surface area contributed by atoms with Crippen LogP contribution in [0, 0.1) is 6.92 Å². The summed E-state index contributed by atoms with van der Waals surface area (Å²) in [7, 11) is 0. The number of rotatable bonds is 2. The highest BCUT2D eigenvalue weighted by molar-refractivity contribution is 5.48. The zero-order valence-electron chi connectivity index (χ0n) is 13.8. The van der Waals surface area contributed by atoms with E-state index in [4.69, 9.17) is 0 Å². The molecule has 0 aliphatic heterocycles. The molecule has 0 bridgehead atoms. The summed E-state index contributed by atoms with van der Waals surface area (Å²) in [6, 6.07) is 6.69. The molecule has 0 aromatic heterocycles. The molecule has 0 N–H and O–H groups in total. The van der Waals surface area contributed by atoms with Crippen LogP contribution in [0.5, 0.6) is 0 Å². The fraction of sp³-hybridized carbons (Fsp3) is 0.444. The van der Waals surface area contributed by atoms with E-state index in [1.54, 1.807) is 31.2 Å². The molecule has 0 fully saturated rings. The van der Waals surface area contributed by atoms with Crippen molar-refractivity contribution in [3.8, 4) is 0 Å². The Balaban J connectivity index is 2.71. The van der Waals surface area contributed by atoms with Crippen molar-refractivity contribution in [1.82, 2.24) is 0 Å². The van der Waals surface area contributed by atoms with E-state index >= 15 is 0 Å². The maximum Gasteiger partial charge on any atom is 0.435 e. The molecule has 0 radical (unpaired) electrons. The zero-order chi connectivity index (χ0) is 19.3. The van der Waals surface area contributed by atoms with Crippen molar-refractivity contribution < 1.29 is 30.7 Å². The fourth-order valence-electron chi connectivity index (χ4n) is 3.41. The highest BCUT2D eigenvalue weighted by atomic mass is 19.4. The van der Waals surface area contributed by atoms with Gasteiger partial charge in [0.15, 0.2) is 0 Å². The van der Waals surface area contributed by atoms with E-state index < -0.39 is 29.0 Å². The number of benzene rings is 1. The maximum absolute atomic E-state index is 14.5. The van der Waals surface area contributed by atoms with Crippen molar-refractivity contribution in [2.75, 3.05) is 0 Å². The summed E-state index contributed by atoms with van der Waals surface area (Å²) < 4.78 is 92.9. The largest absolute Gasteiger partial charge is 0.435 e. The SMILES string of the molecule is CC1=CC(C(F)(C(F)(F)F)C(F)(F)F)=CC(C)(c2ccccc2C)C1. The minimum absolute atomic E-state index is 0.202. The van der Waals surface area contributed by atoms with Gasteiger partial charge in [-0.15, -0.1) is 0 Å². The Kier molecular flexibility index (Phi) is 4.60. The van der Waals surface area contributed by atoms with Crippen molar-refractivity contribution >= 4 is 0 Å². The van der Waals surface area contributed by atoms with Gasteiger partial charge in [-0.05, 0) is 31.4 Å². The van der Waals surface area contributed by atoms with Crippen LogP contribution in [0.4, 0.5) is 30.7 Å². The van der Waals surface area contributed by atoms with E-state index in [0.29, 0.717) is 17.2 Å². The van der Waals surface area contributed by atoms with Gasteiger partial charge in [0.2, 0.25) is 0 Å². The Bertz CT molecular complexity index is 708. The number of hydrogen-bond acceptors (Lipinski definition) is 0. The molecular formula is C18H17F7. The monoisotopic (exact) mass is 366 g/mol. The Morgan fingerprint density at radius 1 is 0.880 bits per heavy atom. The van der Waals surface area contributed by atoms with Gasteiger partial charge in [-0.2, -0.15) is 26.3 Å². The van der Waals surface area contributed by atoms with Crippen LogP contribution >= 0.6 is 0 Å². The zero-order valence-corrected chi connectivity index (χ0v) is 13.8. The van der Waals surface area contributed by atoms with Gasteiger partial charge in [-0.3, -0.25) is 0 Å². The second kappa shape index (κ2) is 5.88. The molecule has 1 unspecified atom stereocenters. The van der Waals surface area contributed by atoms with Crippen LogP contribution in [0.25, 0.3) is 0 Å². The third kappa shape index (κ3) is 3.20. The quantitative estimate of drug-likeness (QED) is 0.534. The summed E-state index contributed by atoms with van der Waals surface area (Å²) in [6.45, 7) is 4.62. The van der Waals surface area contributed by atoms with Gasteiger partial charge in [0.25, 0.3) is 0 Å². The Labute approximate surface area is 141 Å². The molecule has 25 heavy (non-hydrogen) atoms. The molecule has 0 amide bonds. The van der Waals surface area contributed by atoms with Crippen LogP contribution < -0.4 is 0 Å². The number of halogens is 7. The minimum atomic E-state index is -6.11. The van der Waals surface area contributed by atoms with Crippen LogP contribution in [-0.4, -0.2) is 18.0 Å². The van der Waals surface area contributed by atoms with Crippen molar-refractivity contribution in [3.63, 3.8) is 0 Å². The maximum atomic E-state index is 14.5. The van der Waals surface area contributed by atoms with Gasteiger partial charge in [-0.25, -0.2) is 4.39 Å². The Morgan fingerprint density at radius 3 is 1.88 bits per heavy atom. The van der Waals surface area contributed by atoms with E-state index in [0.717, 1.165) is 6.08 Å². The molecule has 2 rings (SSSR count). The molecule has 0 saturated heterocycles. The predicted octanol–water partition coefficient (Wildman–Crippen LogP) is 6.36. The highest BCUT2D eigenvalue weighted by Crippen LogP contribution is 2.54. The van der Waals surface area contributed by atoms with Crippen LogP contribution in [0.15, 0.2) is 47.6 Å². The second-order valence-electron chi connectivity index (χ2n) is 6.65. The first-order valence-electron chi connectivity index (χ1n) is 7.51. The fourth-order valence-corrected chi connectivity index (χ4v) is 3.41. The van der Waals surface area contributed by atoms with Gasteiger partial charge < -0.3 is 0 Å². The molecule has 1 aliphatic carbocycles. The molecule has 1 aromatic carbocycles. The summed E-state index contributed by atoms with van der Waals surface area (Å²) in [5.41, 5.74) is -6.48. The minimum Gasteiger partial charge on any atom is -0.218 e. The predicted molar refractivity (Wildman–Crippen MR) is 80.9 cm³/mol. The summed E-state index contributed by atoms with van der Waals surface area (Å²) in [5.74, 6) is 0. The standard InChI is InChI=1S/C18H17F7/c1-11-8-13(16(19,17(20,21)22)18(23,24)25)10-15(3,9-11)14-7-5-4-6-12(14)2/h4-8,10H,9H2,1-3H3. The van der Waals surface area contributed by atoms with Crippen molar-refractivity contribution in [2.24, 2.45) is 0 Å². The van der Waals surface area contributed by atoms with Crippen LogP contribution in [0.2, 0.25) is 0 Å². The molecule has 0 saturated carbocycles. The Hall–Kier alpha value is -1.79. The number of allylic oxidation sites excluding steroid dienone is 4. The van der Waals surface area contributed by atoms with E-state index in [2.05, 4.69) is 0 Å². The molecule has 138 valence electrons. The van der Waals surface area contributed by atoms with Gasteiger partial charge in [0.1, 0.15) is 0 Å². The number of hydrogen-bond donors (Lipinski definition) is 0. The molecular weight excluding hydrogens is 349 g/mol. The van der Waals surface area contributed by atoms with Crippen LogP contribution in [-0.2, 0) is 5.41 Å². The van der Waals surface area contributed by atoms with E-state index in [9.17, 15) is 30.7 Å². The lowest BCUT2D eigenvalue weighted by molar-refractivity contribution is -0.325. The third-order valence-electron chi connectivity index (χ3n) is 4.46. The smallest absolute Gasteiger partial charge is 0.218 e. The summed E-state index contributed by atoms with van der Waals surface area (Å²) in [4.78, 5) is 0. The summed E-state index contributed by atoms with van der Waals surface area (Å²) in [5, 5.41) is 0. The van der Waals surface area contributed by atoms with E-state index in [1.165, 1.54) is 13.8 Å². The molecule has 0 heterocycles. The lowest BCUT2D eigenvalue weighted by Gasteiger charge is -2.38. The third-order valence-corrected chi connectivity index (χ3v) is 4.46. The molecule has 0 spiro atoms. The molecule has 1 aromatic rings. The van der Waals surface area contributed by atoms with Crippen molar-refractivity contribution in [3.05, 3.63) is 58.7 Å². The van der Waals surface area contributed by atoms with Gasteiger partial charge in [0, 0.05) is 11.0 Å². The summed E-state index contributed by atoms with van der Waals surface area (Å²) in [6.07, 6.45) is -10.6. The number of aryl methyl sites for hydroxylation is 1. The molecule has 0 nitrogen and oxygen atoms in total. The van der Waals surface area contributed by atoms with E-state index in [-0.39, 0.29) is 12.0 Å². The Morgan fingerprint density at radius 2 is 1.40 bits per heavy atom. The topological polar surface area (TPSA) is 0 Å². The first kappa shape index (κ1) is 19.5. The van der Waals surface area contributed by atoms with Gasteiger partial charge in [-0.1, -0.05) is 48.9 Å². The lowest BCUT2D eigenvalue weighted by atomic mass is 9.69. The van der Waals surface area contributed by atoms with Crippen molar-refractivity contribution in [2.45, 2.75) is 50.6 Å². The summed E-state index contributed by atoms with van der Waals surface area (Å²) >= 11 is 0.